The number of rotatable bonds is 9. The third kappa shape index (κ3) is 5.88. The largest absolute Gasteiger partial charge is 0.478 e. The van der Waals surface area contributed by atoms with Crippen LogP contribution in [0.3, 0.4) is 0 Å². The van der Waals surface area contributed by atoms with Crippen LogP contribution in [-0.4, -0.2) is 53.1 Å². The van der Waals surface area contributed by atoms with Crippen molar-refractivity contribution in [2.24, 2.45) is 5.92 Å². The standard InChI is InChI=1S/C24H26ClF3N2O4/c25-21-18(16-31)9-10-20(29-21)34-15-5-4-6-17-11-13-30(14-12-17)22(32)23(33,24(26,27)28)19-7-2-1-3-8-19/h1-3,7-10,16-17,33H,4-6,11-15H2. The summed E-state index contributed by atoms with van der Waals surface area (Å²) in [6.45, 7) is 0.740. The molecule has 2 aromatic rings. The Morgan fingerprint density at radius 1 is 1.15 bits per heavy atom. The highest BCUT2D eigenvalue weighted by molar-refractivity contribution is 6.31. The molecule has 1 saturated heterocycles. The number of hydrogen-bond acceptors (Lipinski definition) is 5. The minimum Gasteiger partial charge on any atom is -0.478 e. The molecule has 6 nitrogen and oxygen atoms in total. The number of nitrogens with zero attached hydrogens (tertiary/aromatic N) is 2. The molecule has 1 fully saturated rings. The summed E-state index contributed by atoms with van der Waals surface area (Å²) < 4.78 is 46.8. The van der Waals surface area contributed by atoms with Gasteiger partial charge in [-0.2, -0.15) is 13.2 Å². The van der Waals surface area contributed by atoms with E-state index in [0.717, 1.165) is 36.3 Å². The van der Waals surface area contributed by atoms with Gasteiger partial charge in [0.05, 0.1) is 12.2 Å². The first-order valence-electron chi connectivity index (χ1n) is 11.1. The molecule has 34 heavy (non-hydrogen) atoms. The molecule has 1 aromatic heterocycles. The summed E-state index contributed by atoms with van der Waals surface area (Å²) in [7, 11) is 0. The molecule has 1 aliphatic heterocycles. The van der Waals surface area contributed by atoms with Gasteiger partial charge in [-0.1, -0.05) is 48.4 Å². The van der Waals surface area contributed by atoms with E-state index in [-0.39, 0.29) is 29.7 Å². The molecule has 1 unspecified atom stereocenters. The van der Waals surface area contributed by atoms with Crippen LogP contribution in [0.2, 0.25) is 5.15 Å². The van der Waals surface area contributed by atoms with Gasteiger partial charge in [0.1, 0.15) is 5.15 Å². The number of pyridine rings is 1. The van der Waals surface area contributed by atoms with Crippen LogP contribution in [-0.2, 0) is 10.4 Å². The minimum absolute atomic E-state index is 0.0819. The maximum Gasteiger partial charge on any atom is 0.430 e. The molecule has 2 heterocycles. The number of halogens is 4. The molecule has 0 radical (unpaired) electrons. The lowest BCUT2D eigenvalue weighted by Crippen LogP contribution is -2.57. The van der Waals surface area contributed by atoms with Crippen molar-refractivity contribution in [3.63, 3.8) is 0 Å². The van der Waals surface area contributed by atoms with E-state index in [9.17, 15) is 27.9 Å². The van der Waals surface area contributed by atoms with Crippen molar-refractivity contribution in [1.82, 2.24) is 9.88 Å². The number of hydrogen-bond donors (Lipinski definition) is 1. The van der Waals surface area contributed by atoms with Crippen LogP contribution in [0, 0.1) is 5.92 Å². The van der Waals surface area contributed by atoms with Crippen molar-refractivity contribution in [3.05, 3.63) is 58.7 Å². The van der Waals surface area contributed by atoms with Gasteiger partial charge in [0.2, 0.25) is 5.88 Å². The first-order chi connectivity index (χ1) is 16.2. The Kier molecular flexibility index (Phi) is 8.54. The molecule has 1 atom stereocenters. The highest BCUT2D eigenvalue weighted by atomic mass is 35.5. The fraction of sp³-hybridized carbons (Fsp3) is 0.458. The molecular formula is C24H26ClF3N2O4. The fourth-order valence-electron chi connectivity index (χ4n) is 4.05. The number of likely N-dealkylation sites (tertiary alicyclic amines) is 1. The Labute approximate surface area is 200 Å². The lowest BCUT2D eigenvalue weighted by molar-refractivity contribution is -0.262. The van der Waals surface area contributed by atoms with Gasteiger partial charge in [-0.05, 0) is 37.7 Å². The zero-order valence-corrected chi connectivity index (χ0v) is 19.2. The maximum atomic E-state index is 13.8. The van der Waals surface area contributed by atoms with E-state index in [0.29, 0.717) is 31.6 Å². The molecule has 0 bridgehead atoms. The second-order valence-corrected chi connectivity index (χ2v) is 8.66. The molecule has 0 spiro atoms. The van der Waals surface area contributed by atoms with E-state index >= 15 is 0 Å². The van der Waals surface area contributed by atoms with Crippen molar-refractivity contribution in [3.8, 4) is 5.88 Å². The van der Waals surface area contributed by atoms with Crippen molar-refractivity contribution >= 4 is 23.8 Å². The molecule has 0 saturated carbocycles. The summed E-state index contributed by atoms with van der Waals surface area (Å²) in [5.41, 5.74) is -3.75. The smallest absolute Gasteiger partial charge is 0.430 e. The number of carbonyl (C=O) groups is 2. The summed E-state index contributed by atoms with van der Waals surface area (Å²) in [6, 6.07) is 9.57. The number of unbranched alkanes of at least 4 members (excludes halogenated alkanes) is 1. The van der Waals surface area contributed by atoms with Gasteiger partial charge < -0.3 is 14.7 Å². The number of ether oxygens (including phenoxy) is 1. The van der Waals surface area contributed by atoms with Crippen LogP contribution >= 0.6 is 11.6 Å². The number of piperidine rings is 1. The number of aromatic nitrogens is 1. The predicted molar refractivity (Wildman–Crippen MR) is 120 cm³/mol. The number of alkyl halides is 3. The van der Waals surface area contributed by atoms with Gasteiger partial charge in [-0.3, -0.25) is 9.59 Å². The van der Waals surface area contributed by atoms with Crippen molar-refractivity contribution in [1.29, 1.82) is 0 Å². The lowest BCUT2D eigenvalue weighted by atomic mass is 9.88. The van der Waals surface area contributed by atoms with Crippen molar-refractivity contribution < 1.29 is 32.6 Å². The van der Waals surface area contributed by atoms with Gasteiger partial charge in [-0.25, -0.2) is 4.98 Å². The molecule has 1 aromatic carbocycles. The van der Waals surface area contributed by atoms with Crippen LogP contribution in [0.25, 0.3) is 0 Å². The number of carbonyl (C=O) groups excluding carboxylic acids is 2. The predicted octanol–water partition coefficient (Wildman–Crippen LogP) is 4.79. The molecule has 184 valence electrons. The average Bonchev–Trinajstić information content (AvgIpc) is 2.83. The van der Waals surface area contributed by atoms with E-state index in [1.807, 2.05) is 0 Å². The van der Waals surface area contributed by atoms with E-state index in [1.165, 1.54) is 24.3 Å². The summed E-state index contributed by atoms with van der Waals surface area (Å²) >= 11 is 5.86. The van der Waals surface area contributed by atoms with Crippen LogP contribution in [0.5, 0.6) is 5.88 Å². The second kappa shape index (κ2) is 11.2. The van der Waals surface area contributed by atoms with E-state index in [1.54, 1.807) is 6.07 Å². The zero-order chi connectivity index (χ0) is 24.8. The van der Waals surface area contributed by atoms with Crippen LogP contribution in [0.4, 0.5) is 13.2 Å². The Morgan fingerprint density at radius 2 is 1.82 bits per heavy atom. The Bertz CT molecular complexity index is 982. The number of benzene rings is 1. The Morgan fingerprint density at radius 3 is 2.41 bits per heavy atom. The van der Waals surface area contributed by atoms with E-state index < -0.39 is 23.2 Å². The fourth-order valence-corrected chi connectivity index (χ4v) is 4.24. The Hall–Kier alpha value is -2.65. The van der Waals surface area contributed by atoms with E-state index in [4.69, 9.17) is 16.3 Å². The highest BCUT2D eigenvalue weighted by Crippen LogP contribution is 2.41. The molecule has 10 heteroatoms. The van der Waals surface area contributed by atoms with Gasteiger partial charge >= 0.3 is 6.18 Å². The van der Waals surface area contributed by atoms with Gasteiger partial charge in [0.15, 0.2) is 6.29 Å². The summed E-state index contributed by atoms with van der Waals surface area (Å²) in [5.74, 6) is -0.720. The topological polar surface area (TPSA) is 79.7 Å². The first-order valence-corrected chi connectivity index (χ1v) is 11.4. The van der Waals surface area contributed by atoms with Crippen molar-refractivity contribution in [2.45, 2.75) is 43.9 Å². The first kappa shape index (κ1) is 26.0. The molecule has 3 rings (SSSR count). The summed E-state index contributed by atoms with van der Waals surface area (Å²) in [4.78, 5) is 28.6. The molecule has 1 amide bonds. The lowest BCUT2D eigenvalue weighted by Gasteiger charge is -2.38. The third-order valence-electron chi connectivity index (χ3n) is 6.05. The molecule has 1 N–H and O–H groups in total. The molecule has 1 aliphatic rings. The van der Waals surface area contributed by atoms with Crippen LogP contribution < -0.4 is 4.74 Å². The third-order valence-corrected chi connectivity index (χ3v) is 6.35. The molecular weight excluding hydrogens is 473 g/mol. The quantitative estimate of drug-likeness (QED) is 0.305. The molecule has 0 aliphatic carbocycles. The number of amides is 1. The average molecular weight is 499 g/mol. The van der Waals surface area contributed by atoms with Crippen LogP contribution in [0.15, 0.2) is 42.5 Å². The van der Waals surface area contributed by atoms with Crippen molar-refractivity contribution in [2.75, 3.05) is 19.7 Å². The van der Waals surface area contributed by atoms with Crippen LogP contribution in [0.1, 0.15) is 48.0 Å². The second-order valence-electron chi connectivity index (χ2n) is 8.30. The van der Waals surface area contributed by atoms with Gasteiger partial charge in [-0.15, -0.1) is 0 Å². The SMILES string of the molecule is O=Cc1ccc(OCCCCC2CCN(C(=O)C(O)(c3ccccc3)C(F)(F)F)CC2)nc1Cl. The Balaban J connectivity index is 1.45. The summed E-state index contributed by atoms with van der Waals surface area (Å²) in [5, 5.41) is 10.6. The summed E-state index contributed by atoms with van der Waals surface area (Å²) in [6.07, 6.45) is -0.936. The highest BCUT2D eigenvalue weighted by Gasteiger charge is 2.62. The maximum absolute atomic E-state index is 13.8. The monoisotopic (exact) mass is 498 g/mol. The minimum atomic E-state index is -5.13. The zero-order valence-electron chi connectivity index (χ0n) is 18.4. The van der Waals surface area contributed by atoms with Gasteiger partial charge in [0.25, 0.3) is 11.5 Å². The normalized spacial score (nSPS) is 16.7. The number of aldehydes is 1. The number of aliphatic hydroxyl groups is 1. The van der Waals surface area contributed by atoms with Gasteiger partial charge in [0, 0.05) is 24.7 Å². The van der Waals surface area contributed by atoms with E-state index in [2.05, 4.69) is 4.98 Å².